The number of methoxy groups -OCH3 is 2. The molecule has 27 heavy (non-hydrogen) atoms. The van der Waals surface area contributed by atoms with Crippen LogP contribution in [0.5, 0.6) is 0 Å². The van der Waals surface area contributed by atoms with E-state index >= 15 is 0 Å². The Kier molecular flexibility index (Phi) is 2.83. The molecule has 2 aliphatic heterocycles. The Morgan fingerprint density at radius 3 is 1.70 bits per heavy atom. The van der Waals surface area contributed by atoms with E-state index < -0.39 is 11.2 Å². The first kappa shape index (κ1) is 16.3. The lowest BCUT2D eigenvalue weighted by Gasteiger charge is -2.49. The van der Waals surface area contributed by atoms with Crippen LogP contribution in [-0.4, -0.2) is 37.4 Å². The molecule has 5 heteroatoms. The normalized spacial score (nSPS) is 55.8. The molecule has 5 nitrogen and oxygen atoms in total. The SMILES string of the molecule is C=C1C(=C)C2CC1C1C2C2(C(=O)OC)OC1(C(=O)OC)C1C3CCC(C3)C12. The highest BCUT2D eigenvalue weighted by atomic mass is 16.6. The molecule has 144 valence electrons. The molecule has 6 aliphatic rings. The van der Waals surface area contributed by atoms with Gasteiger partial charge in [0, 0.05) is 23.7 Å². The van der Waals surface area contributed by atoms with E-state index in [2.05, 4.69) is 13.2 Å². The Morgan fingerprint density at radius 2 is 1.30 bits per heavy atom. The van der Waals surface area contributed by atoms with Crippen molar-refractivity contribution < 1.29 is 23.8 Å². The van der Waals surface area contributed by atoms with Gasteiger partial charge in [0.05, 0.1) is 14.2 Å². The number of carbonyl (C=O) groups excluding carboxylic acids is 2. The van der Waals surface area contributed by atoms with Gasteiger partial charge >= 0.3 is 11.9 Å². The Bertz CT molecular complexity index is 752. The molecule has 0 spiro atoms. The Morgan fingerprint density at radius 1 is 0.852 bits per heavy atom. The molecule has 0 amide bonds. The number of carbonyl (C=O) groups is 2. The Hall–Kier alpha value is -1.62. The summed E-state index contributed by atoms with van der Waals surface area (Å²) in [6.07, 6.45) is 4.24. The summed E-state index contributed by atoms with van der Waals surface area (Å²) in [5.41, 5.74) is 0.0308. The van der Waals surface area contributed by atoms with Gasteiger partial charge in [-0.1, -0.05) is 13.2 Å². The summed E-state index contributed by atoms with van der Waals surface area (Å²) in [6, 6.07) is 0. The standard InChI is InChI=1S/C22H26O5/c1-9-10(2)14-8-13(9)17-18(14)22(20(24)26-4)16-12-6-5-11(7-12)15(16)21(17,27-22)19(23)25-3/h11-18H,1-2,5-8H2,3-4H3. The van der Waals surface area contributed by atoms with E-state index in [0.717, 1.165) is 36.8 Å². The molecule has 2 heterocycles. The highest BCUT2D eigenvalue weighted by Crippen LogP contribution is 2.80. The first-order valence-electron chi connectivity index (χ1n) is 10.2. The van der Waals surface area contributed by atoms with Crippen LogP contribution in [0.3, 0.4) is 0 Å². The van der Waals surface area contributed by atoms with Crippen LogP contribution >= 0.6 is 0 Å². The zero-order valence-corrected chi connectivity index (χ0v) is 15.9. The van der Waals surface area contributed by atoms with E-state index in [4.69, 9.17) is 14.2 Å². The lowest BCUT2D eigenvalue weighted by atomic mass is 9.50. The largest absolute Gasteiger partial charge is 0.467 e. The summed E-state index contributed by atoms with van der Waals surface area (Å²) in [5.74, 6) is 0.596. The third-order valence-electron chi connectivity index (χ3n) is 9.31. The molecule has 0 radical (unpaired) electrons. The Balaban J connectivity index is 1.62. The smallest absolute Gasteiger partial charge is 0.338 e. The predicted octanol–water partition coefficient (Wildman–Crippen LogP) is 2.51. The topological polar surface area (TPSA) is 61.8 Å². The second kappa shape index (κ2) is 4.68. The van der Waals surface area contributed by atoms with Gasteiger partial charge < -0.3 is 14.2 Å². The van der Waals surface area contributed by atoms with Crippen LogP contribution in [0.4, 0.5) is 0 Å². The van der Waals surface area contributed by atoms with Crippen molar-refractivity contribution in [3.05, 3.63) is 24.3 Å². The zero-order chi connectivity index (χ0) is 18.9. The van der Waals surface area contributed by atoms with Crippen LogP contribution in [0.25, 0.3) is 0 Å². The second-order valence-electron chi connectivity index (χ2n) is 9.61. The third-order valence-corrected chi connectivity index (χ3v) is 9.31. The van der Waals surface area contributed by atoms with Gasteiger partial charge in [-0.15, -0.1) is 0 Å². The predicted molar refractivity (Wildman–Crippen MR) is 95.2 cm³/mol. The summed E-state index contributed by atoms with van der Waals surface area (Å²) in [4.78, 5) is 26.6. The maximum atomic E-state index is 13.3. The molecule has 2 saturated heterocycles. The van der Waals surface area contributed by atoms with Gasteiger partial charge in [0.2, 0.25) is 0 Å². The quantitative estimate of drug-likeness (QED) is 0.699. The average molecular weight is 370 g/mol. The van der Waals surface area contributed by atoms with Gasteiger partial charge in [-0.2, -0.15) is 0 Å². The van der Waals surface area contributed by atoms with Crippen LogP contribution in [0.15, 0.2) is 24.3 Å². The van der Waals surface area contributed by atoms with E-state index in [1.54, 1.807) is 0 Å². The monoisotopic (exact) mass is 370 g/mol. The lowest BCUT2D eigenvalue weighted by molar-refractivity contribution is -0.187. The number of hydrogen-bond acceptors (Lipinski definition) is 5. The molecule has 6 fully saturated rings. The van der Waals surface area contributed by atoms with E-state index in [1.807, 2.05) is 0 Å². The number of rotatable bonds is 2. The summed E-state index contributed by atoms with van der Waals surface area (Å²) >= 11 is 0. The van der Waals surface area contributed by atoms with Gasteiger partial charge in [-0.05, 0) is 60.5 Å². The van der Waals surface area contributed by atoms with Gasteiger partial charge in [0.1, 0.15) is 0 Å². The highest BCUT2D eigenvalue weighted by Gasteiger charge is 2.89. The van der Waals surface area contributed by atoms with Crippen molar-refractivity contribution in [3.63, 3.8) is 0 Å². The molecule has 10 unspecified atom stereocenters. The van der Waals surface area contributed by atoms with Crippen LogP contribution in [0.2, 0.25) is 0 Å². The van der Waals surface area contributed by atoms with Crippen LogP contribution in [0, 0.1) is 47.3 Å². The third kappa shape index (κ3) is 1.40. The van der Waals surface area contributed by atoms with Gasteiger partial charge in [0.25, 0.3) is 0 Å². The highest BCUT2D eigenvalue weighted by molar-refractivity contribution is 5.90. The van der Waals surface area contributed by atoms with E-state index in [-0.39, 0.29) is 47.4 Å². The van der Waals surface area contributed by atoms with Crippen LogP contribution < -0.4 is 0 Å². The van der Waals surface area contributed by atoms with Crippen molar-refractivity contribution in [1.29, 1.82) is 0 Å². The molecule has 10 atom stereocenters. The van der Waals surface area contributed by atoms with Crippen molar-refractivity contribution in [2.75, 3.05) is 14.2 Å². The lowest BCUT2D eigenvalue weighted by Crippen LogP contribution is -2.61. The summed E-state index contributed by atoms with van der Waals surface area (Å²) < 4.78 is 17.4. The van der Waals surface area contributed by atoms with Crippen molar-refractivity contribution in [3.8, 4) is 0 Å². The van der Waals surface area contributed by atoms with Gasteiger partial charge in [-0.25, -0.2) is 9.59 Å². The molecule has 6 bridgehead atoms. The number of fused-ring (bicyclic) bond motifs is 16. The minimum Gasteiger partial charge on any atom is -0.467 e. The minimum atomic E-state index is -1.03. The summed E-state index contributed by atoms with van der Waals surface area (Å²) in [7, 11) is 2.88. The Labute approximate surface area is 159 Å². The zero-order valence-electron chi connectivity index (χ0n) is 15.9. The molecule has 6 rings (SSSR count). The van der Waals surface area contributed by atoms with Gasteiger partial charge in [-0.3, -0.25) is 0 Å². The fourth-order valence-corrected chi connectivity index (χ4v) is 8.86. The molecule has 0 N–H and O–H groups in total. The van der Waals surface area contributed by atoms with Crippen LogP contribution in [-0.2, 0) is 23.8 Å². The van der Waals surface area contributed by atoms with Crippen molar-refractivity contribution in [2.45, 2.75) is 36.9 Å². The first-order valence-corrected chi connectivity index (χ1v) is 10.2. The maximum Gasteiger partial charge on any atom is 0.338 e. The molecule has 4 saturated carbocycles. The first-order chi connectivity index (χ1) is 12.9. The second-order valence-corrected chi connectivity index (χ2v) is 9.61. The molecule has 0 aromatic heterocycles. The van der Waals surface area contributed by atoms with Crippen LogP contribution in [0.1, 0.15) is 25.7 Å². The number of ether oxygens (including phenoxy) is 3. The van der Waals surface area contributed by atoms with Crippen molar-refractivity contribution >= 4 is 11.9 Å². The maximum absolute atomic E-state index is 13.3. The minimum absolute atomic E-state index is 0.0485. The van der Waals surface area contributed by atoms with E-state index in [0.29, 0.717) is 11.8 Å². The van der Waals surface area contributed by atoms with Crippen molar-refractivity contribution in [1.82, 2.24) is 0 Å². The average Bonchev–Trinajstić information content (AvgIpc) is 3.47. The number of esters is 2. The molecule has 0 aromatic carbocycles. The molecular formula is C22H26O5. The summed E-state index contributed by atoms with van der Waals surface area (Å²) in [5, 5.41) is 0. The molecule has 4 aliphatic carbocycles. The molecular weight excluding hydrogens is 344 g/mol. The van der Waals surface area contributed by atoms with E-state index in [1.165, 1.54) is 14.2 Å². The fourth-order valence-electron chi connectivity index (χ4n) is 8.86. The van der Waals surface area contributed by atoms with E-state index in [9.17, 15) is 9.59 Å². The fraction of sp³-hybridized carbons (Fsp3) is 0.727. The molecule has 0 aromatic rings. The van der Waals surface area contributed by atoms with Crippen molar-refractivity contribution in [2.24, 2.45) is 47.3 Å². The number of allylic oxidation sites excluding steroid dienone is 2. The summed E-state index contributed by atoms with van der Waals surface area (Å²) in [6.45, 7) is 8.55. The number of hydrogen-bond donors (Lipinski definition) is 0. The van der Waals surface area contributed by atoms with Gasteiger partial charge in [0.15, 0.2) is 11.2 Å².